The van der Waals surface area contributed by atoms with Crippen LogP contribution in [0.5, 0.6) is 0 Å². The normalized spacial score (nSPS) is 11.4. The standard InChI is InChI=1S/C5H9NO4.Li.H/c6-3(5(9)10)1-2-4(7)8;;/h3H,1-2,6H2,(H,7,8)(H,9,10);;/q;+1;-1/t3-;;/m0../s1. The van der Waals surface area contributed by atoms with Gasteiger partial charge in [-0.25, -0.2) is 0 Å². The van der Waals surface area contributed by atoms with E-state index in [2.05, 4.69) is 0 Å². The minimum atomic E-state index is -1.17. The van der Waals surface area contributed by atoms with Crippen molar-refractivity contribution in [2.45, 2.75) is 18.9 Å². The zero-order chi connectivity index (χ0) is 8.15. The minimum absolute atomic E-state index is 0. The second kappa shape index (κ2) is 6.22. The molecule has 0 amide bonds. The molecule has 0 aromatic heterocycles. The van der Waals surface area contributed by atoms with E-state index in [9.17, 15) is 9.59 Å². The maximum absolute atomic E-state index is 9.99. The van der Waals surface area contributed by atoms with Crippen molar-refractivity contribution in [3.8, 4) is 0 Å². The van der Waals surface area contributed by atoms with Crippen LogP contribution in [0.1, 0.15) is 14.3 Å². The van der Waals surface area contributed by atoms with Crippen LogP contribution in [0.4, 0.5) is 0 Å². The maximum Gasteiger partial charge on any atom is 1.00 e. The molecule has 6 heteroatoms. The van der Waals surface area contributed by atoms with Gasteiger partial charge in [0.25, 0.3) is 0 Å². The number of hydrogen-bond acceptors (Lipinski definition) is 3. The second-order valence-corrected chi connectivity index (χ2v) is 1.88. The molecule has 0 rings (SSSR count). The van der Waals surface area contributed by atoms with Gasteiger partial charge in [-0.2, -0.15) is 0 Å². The number of hydrogen-bond donors (Lipinski definition) is 3. The van der Waals surface area contributed by atoms with Gasteiger partial charge in [0.15, 0.2) is 0 Å². The molecule has 5 nitrogen and oxygen atoms in total. The van der Waals surface area contributed by atoms with E-state index >= 15 is 0 Å². The molecule has 0 aliphatic heterocycles. The molecule has 11 heavy (non-hydrogen) atoms. The van der Waals surface area contributed by atoms with Crippen LogP contribution in [-0.2, 0) is 9.59 Å². The Labute approximate surface area is 77.2 Å². The van der Waals surface area contributed by atoms with Crippen molar-refractivity contribution in [3.05, 3.63) is 0 Å². The molecule has 0 aromatic carbocycles. The fourth-order valence-electron chi connectivity index (χ4n) is 0.402. The van der Waals surface area contributed by atoms with Crippen molar-refractivity contribution in [1.29, 1.82) is 0 Å². The zero-order valence-electron chi connectivity index (χ0n) is 7.28. The van der Waals surface area contributed by atoms with Crippen molar-refractivity contribution in [3.63, 3.8) is 0 Å². The van der Waals surface area contributed by atoms with E-state index in [0.717, 1.165) is 0 Å². The van der Waals surface area contributed by atoms with Crippen LogP contribution in [-0.4, -0.2) is 28.2 Å². The summed E-state index contributed by atoms with van der Waals surface area (Å²) in [6, 6.07) is -1.06. The van der Waals surface area contributed by atoms with Crippen LogP contribution in [0, 0.1) is 0 Å². The van der Waals surface area contributed by atoms with Crippen LogP contribution in [0.25, 0.3) is 0 Å². The van der Waals surface area contributed by atoms with Gasteiger partial charge in [0, 0.05) is 6.42 Å². The Hall–Kier alpha value is -0.503. The largest absolute Gasteiger partial charge is 1.00 e. The van der Waals surface area contributed by atoms with E-state index in [1.165, 1.54) is 0 Å². The molecule has 0 aromatic rings. The zero-order valence-corrected chi connectivity index (χ0v) is 6.28. The van der Waals surface area contributed by atoms with Crippen molar-refractivity contribution < 1.29 is 40.1 Å². The van der Waals surface area contributed by atoms with Gasteiger partial charge in [-0.05, 0) is 6.42 Å². The van der Waals surface area contributed by atoms with Gasteiger partial charge in [-0.15, -0.1) is 0 Å². The van der Waals surface area contributed by atoms with Gasteiger partial charge in [-0.1, -0.05) is 0 Å². The molecule has 0 saturated heterocycles. The molecule has 0 aliphatic rings. The Morgan fingerprint density at radius 1 is 1.45 bits per heavy atom. The van der Waals surface area contributed by atoms with Gasteiger partial charge < -0.3 is 17.4 Å². The quantitative estimate of drug-likeness (QED) is 0.364. The summed E-state index contributed by atoms with van der Waals surface area (Å²) in [5.74, 6) is -2.20. The van der Waals surface area contributed by atoms with Gasteiger partial charge in [0.1, 0.15) is 6.04 Å². The van der Waals surface area contributed by atoms with Crippen LogP contribution < -0.4 is 24.6 Å². The Morgan fingerprint density at radius 2 is 1.91 bits per heavy atom. The molecule has 4 N–H and O–H groups in total. The summed E-state index contributed by atoms with van der Waals surface area (Å²) in [6.45, 7) is 0. The van der Waals surface area contributed by atoms with Crippen LogP contribution >= 0.6 is 0 Å². The van der Waals surface area contributed by atoms with Crippen LogP contribution in [0.15, 0.2) is 0 Å². The summed E-state index contributed by atoms with van der Waals surface area (Å²) in [5.41, 5.74) is 5.00. The first-order valence-corrected chi connectivity index (χ1v) is 2.74. The predicted molar refractivity (Wildman–Crippen MR) is 33.6 cm³/mol. The Kier molecular flexibility index (Phi) is 7.42. The number of nitrogens with two attached hydrogens (primary N) is 1. The van der Waals surface area contributed by atoms with Crippen molar-refractivity contribution in [2.75, 3.05) is 0 Å². The van der Waals surface area contributed by atoms with E-state index in [-0.39, 0.29) is 33.1 Å². The maximum atomic E-state index is 9.99. The third-order valence-electron chi connectivity index (χ3n) is 0.986. The molecule has 60 valence electrons. The average Bonchev–Trinajstić information content (AvgIpc) is 1.82. The first-order valence-electron chi connectivity index (χ1n) is 2.74. The third-order valence-corrected chi connectivity index (χ3v) is 0.986. The van der Waals surface area contributed by atoms with E-state index in [0.29, 0.717) is 0 Å². The Balaban J connectivity index is -0.000000405. The number of carbonyl (C=O) groups is 2. The molecule has 0 spiro atoms. The molecule has 0 unspecified atom stereocenters. The fraction of sp³-hybridized carbons (Fsp3) is 0.600. The summed E-state index contributed by atoms with van der Waals surface area (Å²) < 4.78 is 0. The molecule has 0 aliphatic carbocycles. The van der Waals surface area contributed by atoms with Gasteiger partial charge >= 0.3 is 30.8 Å². The smallest absolute Gasteiger partial charge is 1.00 e. The van der Waals surface area contributed by atoms with Gasteiger partial charge in [0.2, 0.25) is 0 Å². The van der Waals surface area contributed by atoms with Crippen molar-refractivity contribution >= 4 is 11.9 Å². The second-order valence-electron chi connectivity index (χ2n) is 1.88. The summed E-state index contributed by atoms with van der Waals surface area (Å²) in [6.07, 6.45) is -0.224. The number of aliphatic carboxylic acids is 2. The summed E-state index contributed by atoms with van der Waals surface area (Å²) in [7, 11) is 0. The molecular weight excluding hydrogens is 145 g/mol. The fourth-order valence-corrected chi connectivity index (χ4v) is 0.402. The molecule has 0 fully saturated rings. The van der Waals surface area contributed by atoms with Crippen LogP contribution in [0.2, 0.25) is 0 Å². The summed E-state index contributed by atoms with van der Waals surface area (Å²) >= 11 is 0. The predicted octanol–water partition coefficient (Wildman–Crippen LogP) is -3.62. The van der Waals surface area contributed by atoms with Crippen molar-refractivity contribution in [2.24, 2.45) is 5.73 Å². The van der Waals surface area contributed by atoms with Gasteiger partial charge in [-0.3, -0.25) is 9.59 Å². The molecule has 0 bridgehead atoms. The number of rotatable bonds is 4. The number of carboxylic acids is 2. The first kappa shape index (κ1) is 13.1. The molecule has 1 atom stereocenters. The van der Waals surface area contributed by atoms with Gasteiger partial charge in [0.05, 0.1) is 0 Å². The topological polar surface area (TPSA) is 101 Å². The Morgan fingerprint density at radius 3 is 2.18 bits per heavy atom. The molecule has 0 saturated carbocycles. The van der Waals surface area contributed by atoms with E-state index < -0.39 is 18.0 Å². The SMILES string of the molecule is N[C@@H](CCC(=O)O)C(=O)O.[H-].[Li+]. The number of carboxylic acid groups (broad SMARTS) is 2. The Bertz CT molecular complexity index is 154. The molecule has 0 heterocycles. The summed E-state index contributed by atoms with van der Waals surface area (Å²) in [5, 5.41) is 16.3. The molecule has 0 radical (unpaired) electrons. The third kappa shape index (κ3) is 7.39. The average molecular weight is 155 g/mol. The van der Waals surface area contributed by atoms with E-state index in [4.69, 9.17) is 15.9 Å². The van der Waals surface area contributed by atoms with E-state index in [1.807, 2.05) is 0 Å². The van der Waals surface area contributed by atoms with Crippen LogP contribution in [0.3, 0.4) is 0 Å². The first-order chi connectivity index (χ1) is 4.54. The molecular formula is C5H10LiNO4. The minimum Gasteiger partial charge on any atom is -1.00 e. The monoisotopic (exact) mass is 155 g/mol. The van der Waals surface area contributed by atoms with E-state index in [1.54, 1.807) is 0 Å². The van der Waals surface area contributed by atoms with Crippen molar-refractivity contribution in [1.82, 2.24) is 0 Å². The summed E-state index contributed by atoms with van der Waals surface area (Å²) in [4.78, 5) is 19.9.